The molecule has 3 heterocycles. The van der Waals surface area contributed by atoms with Gasteiger partial charge in [0.15, 0.2) is 5.01 Å². The molecule has 0 aromatic carbocycles. The molecule has 6 nitrogen and oxygen atoms in total. The molecule has 1 saturated heterocycles. The zero-order chi connectivity index (χ0) is 12.6. The van der Waals surface area contributed by atoms with Crippen LogP contribution < -0.4 is 5.73 Å². The maximum atomic E-state index is 5.62. The standard InChI is InChI=1S/C11H14N4O2S/c1-11(16-2-3-17-11)10-13-5-9(18-10)7-15-6-8(12)4-14-15/h4-6H,2-3,7,12H2,1H3. The van der Waals surface area contributed by atoms with Crippen LogP contribution in [-0.2, 0) is 21.8 Å². The Balaban J connectivity index is 1.77. The molecule has 0 atom stereocenters. The minimum Gasteiger partial charge on any atom is -0.396 e. The molecule has 3 rings (SSSR count). The second-order valence-corrected chi connectivity index (χ2v) is 5.36. The maximum Gasteiger partial charge on any atom is 0.219 e. The monoisotopic (exact) mass is 266 g/mol. The predicted molar refractivity (Wildman–Crippen MR) is 67.1 cm³/mol. The summed E-state index contributed by atoms with van der Waals surface area (Å²) in [5.74, 6) is -0.688. The van der Waals surface area contributed by atoms with Gasteiger partial charge in [0.25, 0.3) is 0 Å². The number of rotatable bonds is 3. The SMILES string of the molecule is CC1(c2ncc(Cn3cc(N)cn3)s2)OCCO1. The molecule has 18 heavy (non-hydrogen) atoms. The molecule has 0 unspecified atom stereocenters. The van der Waals surface area contributed by atoms with Gasteiger partial charge in [-0.25, -0.2) is 4.98 Å². The number of anilines is 1. The van der Waals surface area contributed by atoms with Crippen molar-refractivity contribution in [3.8, 4) is 0 Å². The Hall–Kier alpha value is -1.44. The van der Waals surface area contributed by atoms with Crippen molar-refractivity contribution in [3.05, 3.63) is 28.5 Å². The van der Waals surface area contributed by atoms with Gasteiger partial charge >= 0.3 is 0 Å². The summed E-state index contributed by atoms with van der Waals surface area (Å²) in [5.41, 5.74) is 6.28. The molecule has 2 N–H and O–H groups in total. The van der Waals surface area contributed by atoms with E-state index in [1.807, 2.05) is 13.1 Å². The maximum absolute atomic E-state index is 5.62. The topological polar surface area (TPSA) is 75.2 Å². The first-order valence-corrected chi connectivity index (χ1v) is 6.48. The van der Waals surface area contributed by atoms with E-state index in [1.54, 1.807) is 28.4 Å². The van der Waals surface area contributed by atoms with Crippen molar-refractivity contribution in [2.45, 2.75) is 19.3 Å². The highest BCUT2D eigenvalue weighted by molar-refractivity contribution is 7.11. The van der Waals surface area contributed by atoms with Crippen LogP contribution in [0.2, 0.25) is 0 Å². The lowest BCUT2D eigenvalue weighted by Crippen LogP contribution is -2.21. The lowest BCUT2D eigenvalue weighted by molar-refractivity contribution is -0.149. The van der Waals surface area contributed by atoms with E-state index >= 15 is 0 Å². The van der Waals surface area contributed by atoms with Crippen LogP contribution in [0.25, 0.3) is 0 Å². The van der Waals surface area contributed by atoms with Gasteiger partial charge in [-0.15, -0.1) is 11.3 Å². The van der Waals surface area contributed by atoms with E-state index in [0.29, 0.717) is 25.4 Å². The van der Waals surface area contributed by atoms with Crippen LogP contribution in [-0.4, -0.2) is 28.0 Å². The highest BCUT2D eigenvalue weighted by Gasteiger charge is 2.36. The van der Waals surface area contributed by atoms with Gasteiger partial charge in [-0.2, -0.15) is 5.10 Å². The third kappa shape index (κ3) is 2.12. The van der Waals surface area contributed by atoms with Gasteiger partial charge in [-0.1, -0.05) is 0 Å². The average Bonchev–Trinajstić information content (AvgIpc) is 3.02. The summed E-state index contributed by atoms with van der Waals surface area (Å²) < 4.78 is 12.9. The summed E-state index contributed by atoms with van der Waals surface area (Å²) in [5, 5.41) is 4.99. The molecule has 1 fully saturated rings. The van der Waals surface area contributed by atoms with Crippen molar-refractivity contribution in [2.24, 2.45) is 0 Å². The first-order chi connectivity index (χ1) is 8.66. The first-order valence-electron chi connectivity index (χ1n) is 5.67. The Bertz CT molecular complexity index is 545. The number of hydrogen-bond donors (Lipinski definition) is 1. The van der Waals surface area contributed by atoms with Crippen molar-refractivity contribution < 1.29 is 9.47 Å². The number of nitrogen functional groups attached to an aromatic ring is 1. The quantitative estimate of drug-likeness (QED) is 0.903. The van der Waals surface area contributed by atoms with Gasteiger partial charge in [0.1, 0.15) is 0 Å². The van der Waals surface area contributed by atoms with Crippen molar-refractivity contribution in [1.29, 1.82) is 0 Å². The van der Waals surface area contributed by atoms with Gasteiger partial charge in [0.05, 0.1) is 31.6 Å². The number of nitrogens with two attached hydrogens (primary N) is 1. The predicted octanol–water partition coefficient (Wildman–Crippen LogP) is 1.19. The molecular formula is C11H14N4O2S. The molecule has 96 valence electrons. The van der Waals surface area contributed by atoms with E-state index in [0.717, 1.165) is 9.88 Å². The zero-order valence-electron chi connectivity index (χ0n) is 10.00. The normalized spacial score (nSPS) is 18.3. The third-order valence-corrected chi connectivity index (χ3v) is 3.92. The Morgan fingerprint density at radius 1 is 1.44 bits per heavy atom. The number of aromatic nitrogens is 3. The number of thiazole rings is 1. The molecule has 0 saturated carbocycles. The van der Waals surface area contributed by atoms with Crippen LogP contribution in [0, 0.1) is 0 Å². The lowest BCUT2D eigenvalue weighted by atomic mass is 10.3. The van der Waals surface area contributed by atoms with E-state index in [9.17, 15) is 0 Å². The summed E-state index contributed by atoms with van der Waals surface area (Å²) in [6, 6.07) is 0. The molecule has 0 spiro atoms. The summed E-state index contributed by atoms with van der Waals surface area (Å²) >= 11 is 1.57. The summed E-state index contributed by atoms with van der Waals surface area (Å²) in [6.07, 6.45) is 5.25. The summed E-state index contributed by atoms with van der Waals surface area (Å²) in [7, 11) is 0. The Morgan fingerprint density at radius 3 is 2.89 bits per heavy atom. The molecule has 0 bridgehead atoms. The van der Waals surface area contributed by atoms with Crippen LogP contribution in [0.4, 0.5) is 5.69 Å². The fraction of sp³-hybridized carbons (Fsp3) is 0.455. The summed E-state index contributed by atoms with van der Waals surface area (Å²) in [6.45, 7) is 3.78. The molecule has 2 aromatic heterocycles. The van der Waals surface area contributed by atoms with E-state index in [4.69, 9.17) is 15.2 Å². The minimum atomic E-state index is -0.688. The lowest BCUT2D eigenvalue weighted by Gasteiger charge is -2.18. The molecule has 0 amide bonds. The van der Waals surface area contributed by atoms with Crippen LogP contribution in [0.15, 0.2) is 18.6 Å². The fourth-order valence-electron chi connectivity index (χ4n) is 1.85. The van der Waals surface area contributed by atoms with Crippen molar-refractivity contribution in [2.75, 3.05) is 18.9 Å². The van der Waals surface area contributed by atoms with Gasteiger partial charge < -0.3 is 15.2 Å². The molecule has 2 aromatic rings. The first kappa shape index (κ1) is 11.6. The number of ether oxygens (including phenoxy) is 2. The van der Waals surface area contributed by atoms with Crippen LogP contribution in [0.3, 0.4) is 0 Å². The van der Waals surface area contributed by atoms with E-state index in [1.165, 1.54) is 0 Å². The molecule has 0 aliphatic carbocycles. The molecule has 7 heteroatoms. The largest absolute Gasteiger partial charge is 0.396 e. The Labute approximate surface area is 108 Å². The smallest absolute Gasteiger partial charge is 0.219 e. The van der Waals surface area contributed by atoms with E-state index in [2.05, 4.69) is 10.1 Å². The second kappa shape index (κ2) is 4.34. The van der Waals surface area contributed by atoms with Gasteiger partial charge in [0.2, 0.25) is 5.79 Å². The summed E-state index contributed by atoms with van der Waals surface area (Å²) in [4.78, 5) is 5.46. The second-order valence-electron chi connectivity index (χ2n) is 4.25. The van der Waals surface area contributed by atoms with Crippen molar-refractivity contribution in [3.63, 3.8) is 0 Å². The van der Waals surface area contributed by atoms with Crippen molar-refractivity contribution in [1.82, 2.24) is 14.8 Å². The van der Waals surface area contributed by atoms with E-state index < -0.39 is 5.79 Å². The zero-order valence-corrected chi connectivity index (χ0v) is 10.8. The molecular weight excluding hydrogens is 252 g/mol. The van der Waals surface area contributed by atoms with Crippen LogP contribution >= 0.6 is 11.3 Å². The molecule has 1 aliphatic heterocycles. The highest BCUT2D eigenvalue weighted by Crippen LogP contribution is 2.33. The fourth-order valence-corrected chi connectivity index (χ4v) is 2.81. The van der Waals surface area contributed by atoms with Gasteiger partial charge in [-0.3, -0.25) is 4.68 Å². The Morgan fingerprint density at radius 2 is 2.22 bits per heavy atom. The molecule has 1 aliphatic rings. The third-order valence-electron chi connectivity index (χ3n) is 2.75. The van der Waals surface area contributed by atoms with Crippen molar-refractivity contribution >= 4 is 17.0 Å². The number of nitrogens with zero attached hydrogens (tertiary/aromatic N) is 3. The molecule has 0 radical (unpaired) electrons. The number of hydrogen-bond acceptors (Lipinski definition) is 6. The van der Waals surface area contributed by atoms with Gasteiger partial charge in [-0.05, 0) is 6.92 Å². The Kier molecular flexibility index (Phi) is 2.81. The van der Waals surface area contributed by atoms with Gasteiger partial charge in [0, 0.05) is 17.3 Å². The average molecular weight is 266 g/mol. The highest BCUT2D eigenvalue weighted by atomic mass is 32.1. The van der Waals surface area contributed by atoms with Crippen LogP contribution in [0.5, 0.6) is 0 Å². The van der Waals surface area contributed by atoms with Crippen LogP contribution in [0.1, 0.15) is 16.8 Å². The minimum absolute atomic E-state index is 0.612. The van der Waals surface area contributed by atoms with E-state index in [-0.39, 0.29) is 0 Å².